The summed E-state index contributed by atoms with van der Waals surface area (Å²) in [5, 5.41) is 6.14. The van der Waals surface area contributed by atoms with Gasteiger partial charge in [-0.1, -0.05) is 55.5 Å². The van der Waals surface area contributed by atoms with E-state index in [1.807, 2.05) is 67.6 Å². The smallest absolute Gasteiger partial charge is 0.238 e. The van der Waals surface area contributed by atoms with E-state index in [2.05, 4.69) is 15.5 Å². The van der Waals surface area contributed by atoms with Gasteiger partial charge in [-0.15, -0.1) is 0 Å². The third-order valence-electron chi connectivity index (χ3n) is 5.29. The number of benzene rings is 2. The topological polar surface area (TPSA) is 61.4 Å². The van der Waals surface area contributed by atoms with Gasteiger partial charge < -0.3 is 10.6 Å². The quantitative estimate of drug-likeness (QED) is 0.775. The van der Waals surface area contributed by atoms with Crippen molar-refractivity contribution in [1.82, 2.24) is 10.2 Å². The number of nitrogens with zero attached hydrogens (tertiary/aromatic N) is 1. The second-order valence-electron chi connectivity index (χ2n) is 7.34. The first-order chi connectivity index (χ1) is 13.7. The molecular weight excluding hydrogens is 350 g/mol. The van der Waals surface area contributed by atoms with Gasteiger partial charge in [0.1, 0.15) is 0 Å². The van der Waals surface area contributed by atoms with E-state index in [4.69, 9.17) is 0 Å². The molecule has 1 saturated heterocycles. The second kappa shape index (κ2) is 10.0. The lowest BCUT2D eigenvalue weighted by Gasteiger charge is -2.32. The highest BCUT2D eigenvalue weighted by Gasteiger charge is 2.25. The molecule has 0 unspecified atom stereocenters. The largest absolute Gasteiger partial charge is 0.353 e. The Morgan fingerprint density at radius 1 is 1.00 bits per heavy atom. The third kappa shape index (κ3) is 5.67. The molecule has 1 heterocycles. The standard InChI is InChI=1S/C23H29N3O2/c1-2-21(18-9-5-3-6-10-18)23(28)25-20-13-15-26(16-14-20)17-22(27)24-19-11-7-4-8-12-19/h3-12,20-21H,2,13-17H2,1H3,(H,24,27)(H,25,28)/t21-/m0/s1. The van der Waals surface area contributed by atoms with Crippen LogP contribution in [-0.2, 0) is 9.59 Å². The Bertz CT molecular complexity index is 756. The van der Waals surface area contributed by atoms with Gasteiger partial charge in [-0.3, -0.25) is 14.5 Å². The molecule has 2 N–H and O–H groups in total. The van der Waals surface area contributed by atoms with Gasteiger partial charge in [0.2, 0.25) is 11.8 Å². The molecule has 0 radical (unpaired) electrons. The van der Waals surface area contributed by atoms with Crippen molar-refractivity contribution in [2.75, 3.05) is 25.0 Å². The van der Waals surface area contributed by atoms with Crippen molar-refractivity contribution in [3.63, 3.8) is 0 Å². The van der Waals surface area contributed by atoms with Crippen LogP contribution in [0.1, 0.15) is 37.7 Å². The van der Waals surface area contributed by atoms with E-state index in [1.54, 1.807) is 0 Å². The maximum Gasteiger partial charge on any atom is 0.238 e. The first kappa shape index (κ1) is 20.1. The van der Waals surface area contributed by atoms with Gasteiger partial charge in [-0.25, -0.2) is 0 Å². The summed E-state index contributed by atoms with van der Waals surface area (Å²) in [5.41, 5.74) is 1.89. The van der Waals surface area contributed by atoms with Crippen molar-refractivity contribution in [1.29, 1.82) is 0 Å². The van der Waals surface area contributed by atoms with Crippen molar-refractivity contribution in [2.45, 2.75) is 38.1 Å². The van der Waals surface area contributed by atoms with E-state index in [0.717, 1.165) is 43.6 Å². The minimum absolute atomic E-state index is 0.00353. The van der Waals surface area contributed by atoms with E-state index in [9.17, 15) is 9.59 Å². The summed E-state index contributed by atoms with van der Waals surface area (Å²) in [7, 11) is 0. The fourth-order valence-electron chi connectivity index (χ4n) is 3.72. The number of anilines is 1. The van der Waals surface area contributed by atoms with Crippen LogP contribution in [0.15, 0.2) is 60.7 Å². The Morgan fingerprint density at radius 3 is 2.21 bits per heavy atom. The summed E-state index contributed by atoms with van der Waals surface area (Å²) in [6.07, 6.45) is 2.53. The molecule has 1 fully saturated rings. The first-order valence-corrected chi connectivity index (χ1v) is 10.1. The zero-order chi connectivity index (χ0) is 19.8. The van der Waals surface area contributed by atoms with Crippen molar-refractivity contribution >= 4 is 17.5 Å². The Hall–Kier alpha value is -2.66. The maximum atomic E-state index is 12.7. The minimum Gasteiger partial charge on any atom is -0.353 e. The van der Waals surface area contributed by atoms with Crippen LogP contribution in [0.25, 0.3) is 0 Å². The molecule has 0 aromatic heterocycles. The lowest BCUT2D eigenvalue weighted by molar-refractivity contribution is -0.124. The number of rotatable bonds is 7. The number of carbonyl (C=O) groups excluding carboxylic acids is 2. The van der Waals surface area contributed by atoms with Gasteiger partial charge in [0.25, 0.3) is 0 Å². The molecule has 3 rings (SSSR count). The summed E-state index contributed by atoms with van der Waals surface area (Å²) in [4.78, 5) is 27.1. The van der Waals surface area contributed by atoms with Crippen LogP contribution in [0.3, 0.4) is 0 Å². The predicted molar refractivity (Wildman–Crippen MR) is 112 cm³/mol. The van der Waals surface area contributed by atoms with Crippen LogP contribution in [0.2, 0.25) is 0 Å². The first-order valence-electron chi connectivity index (χ1n) is 10.1. The zero-order valence-electron chi connectivity index (χ0n) is 16.4. The number of carbonyl (C=O) groups is 2. The number of para-hydroxylation sites is 1. The summed E-state index contributed by atoms with van der Waals surface area (Å²) in [6, 6.07) is 19.6. The fourth-order valence-corrected chi connectivity index (χ4v) is 3.72. The van der Waals surface area contributed by atoms with Crippen LogP contribution < -0.4 is 10.6 Å². The minimum atomic E-state index is -0.101. The molecule has 0 bridgehead atoms. The van der Waals surface area contributed by atoms with Gasteiger partial charge in [0, 0.05) is 24.8 Å². The van der Waals surface area contributed by atoms with Crippen LogP contribution in [0.4, 0.5) is 5.69 Å². The van der Waals surface area contributed by atoms with Gasteiger partial charge in [0.05, 0.1) is 12.5 Å². The van der Waals surface area contributed by atoms with E-state index in [-0.39, 0.29) is 23.8 Å². The monoisotopic (exact) mass is 379 g/mol. The van der Waals surface area contributed by atoms with Crippen molar-refractivity contribution < 1.29 is 9.59 Å². The molecule has 2 amide bonds. The molecule has 2 aromatic carbocycles. The van der Waals surface area contributed by atoms with Crippen molar-refractivity contribution in [3.8, 4) is 0 Å². The Morgan fingerprint density at radius 2 is 1.61 bits per heavy atom. The van der Waals surface area contributed by atoms with Crippen LogP contribution in [0, 0.1) is 0 Å². The Balaban J connectivity index is 1.43. The van der Waals surface area contributed by atoms with E-state index >= 15 is 0 Å². The number of piperidine rings is 1. The number of hydrogen-bond acceptors (Lipinski definition) is 3. The van der Waals surface area contributed by atoms with Crippen LogP contribution in [-0.4, -0.2) is 42.4 Å². The normalized spacial score (nSPS) is 16.3. The van der Waals surface area contributed by atoms with Gasteiger partial charge in [0.15, 0.2) is 0 Å². The molecule has 0 spiro atoms. The maximum absolute atomic E-state index is 12.7. The molecule has 2 aromatic rings. The molecule has 1 aliphatic heterocycles. The third-order valence-corrected chi connectivity index (χ3v) is 5.29. The van der Waals surface area contributed by atoms with Gasteiger partial charge in [-0.2, -0.15) is 0 Å². The summed E-state index contributed by atoms with van der Waals surface area (Å²) in [5.74, 6) is 0.00802. The number of likely N-dealkylation sites (tertiary alicyclic amines) is 1. The van der Waals surface area contributed by atoms with Gasteiger partial charge in [-0.05, 0) is 37.0 Å². The lowest BCUT2D eigenvalue weighted by Crippen LogP contribution is -2.47. The Kier molecular flexibility index (Phi) is 7.20. The highest BCUT2D eigenvalue weighted by molar-refractivity contribution is 5.92. The highest BCUT2D eigenvalue weighted by Crippen LogP contribution is 2.20. The average molecular weight is 380 g/mol. The van der Waals surface area contributed by atoms with E-state index in [0.29, 0.717) is 6.54 Å². The molecule has 0 saturated carbocycles. The average Bonchev–Trinajstić information content (AvgIpc) is 2.71. The number of amides is 2. The lowest BCUT2D eigenvalue weighted by atomic mass is 9.94. The predicted octanol–water partition coefficient (Wildman–Crippen LogP) is 3.40. The summed E-state index contributed by atoms with van der Waals surface area (Å²) in [6.45, 7) is 4.06. The number of hydrogen-bond donors (Lipinski definition) is 2. The van der Waals surface area contributed by atoms with Crippen LogP contribution in [0.5, 0.6) is 0 Å². The second-order valence-corrected chi connectivity index (χ2v) is 7.34. The summed E-state index contributed by atoms with van der Waals surface area (Å²) < 4.78 is 0. The zero-order valence-corrected chi connectivity index (χ0v) is 16.4. The fraction of sp³-hybridized carbons (Fsp3) is 0.391. The van der Waals surface area contributed by atoms with E-state index < -0.39 is 0 Å². The molecule has 0 aliphatic carbocycles. The number of nitrogens with one attached hydrogen (secondary N) is 2. The van der Waals surface area contributed by atoms with Crippen LogP contribution >= 0.6 is 0 Å². The molecule has 28 heavy (non-hydrogen) atoms. The highest BCUT2D eigenvalue weighted by atomic mass is 16.2. The molecule has 1 aliphatic rings. The Labute approximate surface area is 167 Å². The molecule has 5 heteroatoms. The molecule has 5 nitrogen and oxygen atoms in total. The summed E-state index contributed by atoms with van der Waals surface area (Å²) >= 11 is 0. The SMILES string of the molecule is CC[C@H](C(=O)NC1CCN(CC(=O)Nc2ccccc2)CC1)c1ccccc1. The molecular formula is C23H29N3O2. The van der Waals surface area contributed by atoms with Crippen molar-refractivity contribution in [2.24, 2.45) is 0 Å². The molecule has 1 atom stereocenters. The van der Waals surface area contributed by atoms with Crippen molar-refractivity contribution in [3.05, 3.63) is 66.2 Å². The molecule has 148 valence electrons. The van der Waals surface area contributed by atoms with Gasteiger partial charge >= 0.3 is 0 Å². The van der Waals surface area contributed by atoms with E-state index in [1.165, 1.54) is 0 Å².